The van der Waals surface area contributed by atoms with E-state index >= 15 is 0 Å². The number of hydrogen-bond acceptors (Lipinski definition) is 7. The molecule has 0 aromatic carbocycles. The van der Waals surface area contributed by atoms with Gasteiger partial charge in [-0.25, -0.2) is 0 Å². The lowest BCUT2D eigenvalue weighted by molar-refractivity contribution is -0.143. The maximum absolute atomic E-state index is 11.8. The van der Waals surface area contributed by atoms with Crippen molar-refractivity contribution in [2.75, 3.05) is 18.9 Å². The Hall–Kier alpha value is -0.940. The molecule has 0 aliphatic carbocycles. The van der Waals surface area contributed by atoms with Crippen LogP contribution in [0.5, 0.6) is 0 Å². The van der Waals surface area contributed by atoms with E-state index in [9.17, 15) is 10.1 Å². The molecule has 0 radical (unpaired) electrons. The molecule has 0 saturated heterocycles. The summed E-state index contributed by atoms with van der Waals surface area (Å²) in [4.78, 5) is 14.5. The minimum absolute atomic E-state index is 0.171. The molecule has 0 fully saturated rings. The standard InChI is InChI=1S/C22H38N4O2S3/c1-3-4-5-6-7-8-9-10-11-12-18-30-21(29)31-22(2,19-23)15-14-20(27)28-17-13-16-25-26-24/h3-18H2,1-2H3. The molecule has 0 aliphatic heterocycles. The van der Waals surface area contributed by atoms with Gasteiger partial charge < -0.3 is 4.74 Å². The summed E-state index contributed by atoms with van der Waals surface area (Å²) in [5, 5.41) is 12.9. The van der Waals surface area contributed by atoms with Crippen LogP contribution in [0.1, 0.15) is 97.3 Å². The van der Waals surface area contributed by atoms with Gasteiger partial charge in [0, 0.05) is 17.9 Å². The van der Waals surface area contributed by atoms with Crippen LogP contribution in [0.15, 0.2) is 5.11 Å². The van der Waals surface area contributed by atoms with Gasteiger partial charge in [-0.05, 0) is 37.5 Å². The fourth-order valence-electron chi connectivity index (χ4n) is 2.87. The molecule has 0 aromatic heterocycles. The van der Waals surface area contributed by atoms with E-state index in [4.69, 9.17) is 22.5 Å². The number of azide groups is 1. The SMILES string of the molecule is CCCCCCCCCCCCSC(=S)SC(C)(C#N)CCC(=O)OCCCN=[N+]=[N-]. The lowest BCUT2D eigenvalue weighted by atomic mass is 10.1. The number of thioether (sulfide) groups is 2. The summed E-state index contributed by atoms with van der Waals surface area (Å²) in [6.45, 7) is 4.60. The number of carbonyl (C=O) groups excluding carboxylic acids is 1. The lowest BCUT2D eigenvalue weighted by Crippen LogP contribution is -2.21. The smallest absolute Gasteiger partial charge is 0.305 e. The minimum Gasteiger partial charge on any atom is -0.466 e. The van der Waals surface area contributed by atoms with Gasteiger partial charge in [-0.15, -0.1) is 11.8 Å². The highest BCUT2D eigenvalue weighted by atomic mass is 32.2. The Labute approximate surface area is 202 Å². The van der Waals surface area contributed by atoms with Gasteiger partial charge >= 0.3 is 5.97 Å². The maximum Gasteiger partial charge on any atom is 0.305 e. The van der Waals surface area contributed by atoms with E-state index in [0.29, 0.717) is 19.4 Å². The molecule has 0 bridgehead atoms. The number of rotatable bonds is 19. The van der Waals surface area contributed by atoms with Gasteiger partial charge in [0.1, 0.15) is 8.28 Å². The predicted octanol–water partition coefficient (Wildman–Crippen LogP) is 7.96. The lowest BCUT2D eigenvalue weighted by Gasteiger charge is -2.20. The summed E-state index contributed by atoms with van der Waals surface area (Å²) in [7, 11) is 0. The molecule has 0 aromatic rings. The Kier molecular flexibility index (Phi) is 20.3. The summed E-state index contributed by atoms with van der Waals surface area (Å²) >= 11 is 8.46. The average molecular weight is 487 g/mol. The monoisotopic (exact) mass is 486 g/mol. The van der Waals surface area contributed by atoms with E-state index in [2.05, 4.69) is 23.0 Å². The molecule has 0 amide bonds. The molecule has 0 spiro atoms. The molecule has 0 aliphatic rings. The van der Waals surface area contributed by atoms with Crippen molar-refractivity contribution in [3.63, 3.8) is 0 Å². The van der Waals surface area contributed by atoms with Crippen LogP contribution in [0, 0.1) is 11.3 Å². The summed E-state index contributed by atoms with van der Waals surface area (Å²) in [5.41, 5.74) is 8.20. The van der Waals surface area contributed by atoms with Gasteiger partial charge in [0.2, 0.25) is 0 Å². The van der Waals surface area contributed by atoms with Gasteiger partial charge in [-0.3, -0.25) is 4.79 Å². The Bertz CT molecular complexity index is 592. The molecule has 0 rings (SSSR count). The Morgan fingerprint density at radius 2 is 1.74 bits per heavy atom. The van der Waals surface area contributed by atoms with Crippen molar-refractivity contribution in [2.24, 2.45) is 5.11 Å². The van der Waals surface area contributed by atoms with E-state index in [1.807, 2.05) is 6.92 Å². The molecule has 1 atom stereocenters. The van der Waals surface area contributed by atoms with Crippen molar-refractivity contribution in [1.29, 1.82) is 5.26 Å². The number of thiocarbonyl (C=S) groups is 1. The first kappa shape index (κ1) is 30.1. The van der Waals surface area contributed by atoms with Gasteiger partial charge in [-0.2, -0.15) is 5.26 Å². The van der Waals surface area contributed by atoms with E-state index in [1.54, 1.807) is 11.8 Å². The van der Waals surface area contributed by atoms with Crippen LogP contribution in [-0.2, 0) is 9.53 Å². The molecule has 0 N–H and O–H groups in total. The fraction of sp³-hybridized carbons (Fsp3) is 0.864. The highest BCUT2D eigenvalue weighted by Gasteiger charge is 2.28. The van der Waals surface area contributed by atoms with Crippen LogP contribution in [0.3, 0.4) is 0 Å². The average Bonchev–Trinajstić information content (AvgIpc) is 2.76. The van der Waals surface area contributed by atoms with E-state index in [-0.39, 0.29) is 19.0 Å². The van der Waals surface area contributed by atoms with Crippen LogP contribution in [0.25, 0.3) is 10.4 Å². The molecular formula is C22H38N4O2S3. The van der Waals surface area contributed by atoms with Crippen LogP contribution in [-0.4, -0.2) is 33.1 Å². The third kappa shape index (κ3) is 19.5. The summed E-state index contributed by atoms with van der Waals surface area (Å²) in [6, 6.07) is 2.29. The van der Waals surface area contributed by atoms with Gasteiger partial charge in [0.25, 0.3) is 0 Å². The van der Waals surface area contributed by atoms with E-state index < -0.39 is 4.75 Å². The van der Waals surface area contributed by atoms with Gasteiger partial charge in [0.15, 0.2) is 0 Å². The zero-order valence-corrected chi connectivity index (χ0v) is 21.6. The molecule has 1 unspecified atom stereocenters. The number of nitriles is 1. The summed E-state index contributed by atoms with van der Waals surface area (Å²) in [5.74, 6) is 0.642. The molecule has 31 heavy (non-hydrogen) atoms. The molecule has 0 saturated carbocycles. The Morgan fingerprint density at radius 3 is 2.32 bits per heavy atom. The second-order valence-electron chi connectivity index (χ2n) is 7.75. The van der Waals surface area contributed by atoms with Crippen LogP contribution >= 0.6 is 35.7 Å². The van der Waals surface area contributed by atoms with Gasteiger partial charge in [0.05, 0.1) is 12.7 Å². The van der Waals surface area contributed by atoms with Gasteiger partial charge in [-0.1, -0.05) is 93.8 Å². The molecule has 6 nitrogen and oxygen atoms in total. The zero-order valence-electron chi connectivity index (χ0n) is 19.1. The minimum atomic E-state index is -0.730. The van der Waals surface area contributed by atoms with Crippen molar-refractivity contribution in [2.45, 2.75) is 102 Å². The highest BCUT2D eigenvalue weighted by Crippen LogP contribution is 2.35. The molecule has 176 valence electrons. The largest absolute Gasteiger partial charge is 0.466 e. The third-order valence-corrected chi connectivity index (χ3v) is 7.65. The Balaban J connectivity index is 3.83. The maximum atomic E-state index is 11.8. The van der Waals surface area contributed by atoms with E-state index in [1.165, 1.54) is 69.5 Å². The summed E-state index contributed by atoms with van der Waals surface area (Å²) < 4.78 is 5.13. The molecule has 9 heteroatoms. The normalized spacial score (nSPS) is 12.4. The number of esters is 1. The van der Waals surface area contributed by atoms with E-state index in [0.717, 1.165) is 15.7 Å². The van der Waals surface area contributed by atoms with Crippen molar-refractivity contribution >= 4 is 45.2 Å². The molecule has 0 heterocycles. The number of carbonyl (C=O) groups is 1. The fourth-order valence-corrected chi connectivity index (χ4v) is 5.84. The first-order valence-electron chi connectivity index (χ1n) is 11.4. The topological polar surface area (TPSA) is 98.9 Å². The Morgan fingerprint density at radius 1 is 1.13 bits per heavy atom. The van der Waals surface area contributed by atoms with Crippen molar-refractivity contribution in [3.05, 3.63) is 10.4 Å². The number of hydrogen-bond donors (Lipinski definition) is 0. The number of ether oxygens (including phenoxy) is 1. The number of unbranched alkanes of at least 4 members (excludes halogenated alkanes) is 9. The van der Waals surface area contributed by atoms with Crippen LogP contribution in [0.2, 0.25) is 0 Å². The van der Waals surface area contributed by atoms with Crippen LogP contribution in [0.4, 0.5) is 0 Å². The first-order chi connectivity index (χ1) is 15.0. The highest BCUT2D eigenvalue weighted by molar-refractivity contribution is 8.47. The van der Waals surface area contributed by atoms with Crippen LogP contribution < -0.4 is 0 Å². The second kappa shape index (κ2) is 20.9. The zero-order chi connectivity index (χ0) is 23.2. The van der Waals surface area contributed by atoms with Crippen molar-refractivity contribution in [3.8, 4) is 6.07 Å². The summed E-state index contributed by atoms with van der Waals surface area (Å²) in [6.07, 6.45) is 14.2. The second-order valence-corrected chi connectivity index (χ2v) is 11.6. The van der Waals surface area contributed by atoms with Crippen molar-refractivity contribution in [1.82, 2.24) is 0 Å². The quantitative estimate of drug-likeness (QED) is 0.0458. The predicted molar refractivity (Wildman–Crippen MR) is 137 cm³/mol. The molecular weight excluding hydrogens is 448 g/mol. The third-order valence-electron chi connectivity index (χ3n) is 4.80. The number of nitrogens with zero attached hydrogens (tertiary/aromatic N) is 4. The first-order valence-corrected chi connectivity index (χ1v) is 13.6. The van der Waals surface area contributed by atoms with Crippen molar-refractivity contribution < 1.29 is 9.53 Å².